The molecule has 4 fully saturated rings. The molecule has 2 spiro atoms. The number of likely N-dealkylation sites (tertiary alicyclic amines) is 1. The Bertz CT molecular complexity index is 830. The highest BCUT2D eigenvalue weighted by molar-refractivity contribution is 5.61. The molecule has 1 aromatic rings. The van der Waals surface area contributed by atoms with Gasteiger partial charge >= 0.3 is 0 Å². The number of piperidine rings is 1. The van der Waals surface area contributed by atoms with E-state index in [1.165, 1.54) is 43.5 Å². The van der Waals surface area contributed by atoms with Crippen LogP contribution >= 0.6 is 0 Å². The van der Waals surface area contributed by atoms with Crippen molar-refractivity contribution in [1.29, 1.82) is 0 Å². The predicted molar refractivity (Wildman–Crippen MR) is 103 cm³/mol. The van der Waals surface area contributed by atoms with E-state index in [0.29, 0.717) is 25.2 Å². The Balaban J connectivity index is 1.41. The summed E-state index contributed by atoms with van der Waals surface area (Å²) >= 11 is 0. The molecule has 2 bridgehead atoms. The lowest BCUT2D eigenvalue weighted by atomic mass is 9.50. The van der Waals surface area contributed by atoms with Gasteiger partial charge in [0.1, 0.15) is 0 Å². The number of methoxy groups -OCH3 is 1. The first kappa shape index (κ1) is 16.5. The van der Waals surface area contributed by atoms with Crippen molar-refractivity contribution in [3.8, 4) is 11.5 Å². The quantitative estimate of drug-likeness (QED) is 0.803. The van der Waals surface area contributed by atoms with Crippen LogP contribution in [0, 0.1) is 11.8 Å². The first-order chi connectivity index (χ1) is 13.7. The maximum Gasteiger partial charge on any atom is 0.206 e. The van der Waals surface area contributed by atoms with Gasteiger partial charge < -0.3 is 18.9 Å². The highest BCUT2D eigenvalue weighted by Crippen LogP contribution is 2.66. The van der Waals surface area contributed by atoms with Crippen molar-refractivity contribution in [3.63, 3.8) is 0 Å². The van der Waals surface area contributed by atoms with Gasteiger partial charge in [-0.3, -0.25) is 4.90 Å². The molecule has 28 heavy (non-hydrogen) atoms. The number of hydrogen-bond donors (Lipinski definition) is 0. The average molecular weight is 383 g/mol. The fraction of sp³-hybridized carbons (Fsp3) is 0.739. The van der Waals surface area contributed by atoms with E-state index in [0.717, 1.165) is 36.7 Å². The molecule has 0 amide bonds. The molecule has 5 nitrogen and oxygen atoms in total. The summed E-state index contributed by atoms with van der Waals surface area (Å²) in [5.74, 6) is 2.84. The van der Waals surface area contributed by atoms with Crippen LogP contribution in [0.2, 0.25) is 0 Å². The topological polar surface area (TPSA) is 40.2 Å². The number of ether oxygens (including phenoxy) is 4. The third-order valence-electron chi connectivity index (χ3n) is 8.60. The number of benzene rings is 1. The third-order valence-corrected chi connectivity index (χ3v) is 8.60. The summed E-state index contributed by atoms with van der Waals surface area (Å²) in [5.41, 5.74) is 2.92. The molecule has 0 N–H and O–H groups in total. The van der Waals surface area contributed by atoms with Gasteiger partial charge in [0, 0.05) is 30.0 Å². The van der Waals surface area contributed by atoms with E-state index in [1.807, 2.05) is 0 Å². The van der Waals surface area contributed by atoms with Crippen molar-refractivity contribution in [2.24, 2.45) is 11.8 Å². The Hall–Kier alpha value is -1.30. The minimum atomic E-state index is -0.571. The summed E-state index contributed by atoms with van der Waals surface area (Å²) in [5, 5.41) is 0. The zero-order chi connectivity index (χ0) is 18.5. The second-order valence-corrected chi connectivity index (χ2v) is 9.78. The Kier molecular flexibility index (Phi) is 3.20. The lowest BCUT2D eigenvalue weighted by Crippen LogP contribution is -2.70. The van der Waals surface area contributed by atoms with Gasteiger partial charge in [0.15, 0.2) is 17.6 Å². The highest BCUT2D eigenvalue weighted by Gasteiger charge is 2.71. The van der Waals surface area contributed by atoms with E-state index in [1.54, 1.807) is 7.11 Å². The van der Waals surface area contributed by atoms with Crippen LogP contribution in [0.25, 0.3) is 0 Å². The van der Waals surface area contributed by atoms with Crippen molar-refractivity contribution in [3.05, 3.63) is 23.3 Å². The van der Waals surface area contributed by atoms with Crippen LogP contribution in [0.4, 0.5) is 0 Å². The number of nitrogens with zero attached hydrogens (tertiary/aromatic N) is 1. The molecule has 0 aromatic heterocycles. The number of rotatable bonds is 3. The van der Waals surface area contributed by atoms with Gasteiger partial charge in [-0.05, 0) is 62.1 Å². The fourth-order valence-electron chi connectivity index (χ4n) is 7.37. The van der Waals surface area contributed by atoms with Crippen LogP contribution in [0.3, 0.4) is 0 Å². The fourth-order valence-corrected chi connectivity index (χ4v) is 7.37. The van der Waals surface area contributed by atoms with Crippen LogP contribution in [-0.4, -0.2) is 56.2 Å². The number of fused-ring (bicyclic) bond motifs is 1. The van der Waals surface area contributed by atoms with Gasteiger partial charge in [-0.1, -0.05) is 6.07 Å². The van der Waals surface area contributed by atoms with E-state index in [2.05, 4.69) is 17.0 Å². The van der Waals surface area contributed by atoms with Crippen LogP contribution in [0.15, 0.2) is 12.1 Å². The predicted octanol–water partition coefficient (Wildman–Crippen LogP) is 2.89. The summed E-state index contributed by atoms with van der Waals surface area (Å²) in [6.07, 6.45) is 7.22. The molecule has 3 aliphatic heterocycles. The molecule has 6 aliphatic rings. The van der Waals surface area contributed by atoms with Gasteiger partial charge in [-0.25, -0.2) is 0 Å². The summed E-state index contributed by atoms with van der Waals surface area (Å²) in [6.45, 7) is 3.82. The van der Waals surface area contributed by atoms with Crippen molar-refractivity contribution in [2.45, 2.75) is 61.9 Å². The van der Waals surface area contributed by atoms with E-state index in [4.69, 9.17) is 18.9 Å². The van der Waals surface area contributed by atoms with Gasteiger partial charge in [0.2, 0.25) is 5.79 Å². The standard InChI is InChI=1S/C23H29NO4/c1-25-18-5-4-15-12-17-16-6-7-23(26-10-11-27-23)21-22(16,19(15)20(18)28-21)8-9-24(17)13-14-2-3-14/h4-5,14,16-17,21H,2-3,6-13H2,1H3/t16-,17+,21+,22-/m1/s1. The smallest absolute Gasteiger partial charge is 0.206 e. The lowest BCUT2D eigenvalue weighted by molar-refractivity contribution is -0.261. The van der Waals surface area contributed by atoms with E-state index < -0.39 is 5.79 Å². The zero-order valence-corrected chi connectivity index (χ0v) is 16.6. The highest BCUT2D eigenvalue weighted by atomic mass is 16.8. The third kappa shape index (κ3) is 1.89. The molecule has 0 radical (unpaired) electrons. The molecule has 3 aliphatic carbocycles. The number of hydrogen-bond acceptors (Lipinski definition) is 5. The minimum Gasteiger partial charge on any atom is -0.493 e. The SMILES string of the molecule is COc1ccc2c3c1O[C@@H]1C4(CC[C@@H]5[C@H](C2)N(CC2CC2)CC[C@]351)OCCO4. The largest absolute Gasteiger partial charge is 0.493 e. The molecule has 0 unspecified atom stereocenters. The van der Waals surface area contributed by atoms with Crippen LogP contribution in [-0.2, 0) is 21.3 Å². The molecule has 2 saturated carbocycles. The van der Waals surface area contributed by atoms with Gasteiger partial charge in [0.05, 0.1) is 20.3 Å². The maximum atomic E-state index is 6.77. The van der Waals surface area contributed by atoms with E-state index in [-0.39, 0.29) is 11.5 Å². The van der Waals surface area contributed by atoms with Crippen LogP contribution < -0.4 is 9.47 Å². The maximum absolute atomic E-state index is 6.77. The molecule has 5 heteroatoms. The van der Waals surface area contributed by atoms with Crippen LogP contribution in [0.5, 0.6) is 11.5 Å². The molecule has 4 atom stereocenters. The monoisotopic (exact) mass is 383 g/mol. The van der Waals surface area contributed by atoms with Crippen molar-refractivity contribution in [2.75, 3.05) is 33.4 Å². The molecule has 2 saturated heterocycles. The summed E-state index contributed by atoms with van der Waals surface area (Å²) in [7, 11) is 1.75. The summed E-state index contributed by atoms with van der Waals surface area (Å²) in [6, 6.07) is 5.03. The van der Waals surface area contributed by atoms with E-state index in [9.17, 15) is 0 Å². The second-order valence-electron chi connectivity index (χ2n) is 9.78. The Labute approximate surface area is 166 Å². The van der Waals surface area contributed by atoms with Crippen molar-refractivity contribution < 1.29 is 18.9 Å². The Morgan fingerprint density at radius 3 is 2.79 bits per heavy atom. The second kappa shape index (κ2) is 5.44. The van der Waals surface area contributed by atoms with Crippen LogP contribution in [0.1, 0.15) is 43.2 Å². The molecular formula is C23H29NO4. The molecule has 150 valence electrons. The van der Waals surface area contributed by atoms with Gasteiger partial charge in [0.25, 0.3) is 0 Å². The van der Waals surface area contributed by atoms with Gasteiger partial charge in [-0.15, -0.1) is 0 Å². The molecule has 1 aromatic carbocycles. The normalized spacial score (nSPS) is 39.7. The summed E-state index contributed by atoms with van der Waals surface area (Å²) in [4.78, 5) is 2.82. The Morgan fingerprint density at radius 2 is 2.00 bits per heavy atom. The van der Waals surface area contributed by atoms with Crippen molar-refractivity contribution in [1.82, 2.24) is 4.90 Å². The first-order valence-electron chi connectivity index (χ1n) is 11.1. The van der Waals surface area contributed by atoms with Crippen molar-refractivity contribution >= 4 is 0 Å². The summed E-state index contributed by atoms with van der Waals surface area (Å²) < 4.78 is 25.1. The average Bonchev–Trinajstić information content (AvgIpc) is 3.28. The zero-order valence-electron chi connectivity index (χ0n) is 16.6. The molecular weight excluding hydrogens is 354 g/mol. The molecule has 7 rings (SSSR count). The molecule has 3 heterocycles. The first-order valence-corrected chi connectivity index (χ1v) is 11.1. The van der Waals surface area contributed by atoms with E-state index >= 15 is 0 Å². The Morgan fingerprint density at radius 1 is 1.14 bits per heavy atom. The minimum absolute atomic E-state index is 0.0186. The van der Waals surface area contributed by atoms with Gasteiger partial charge in [-0.2, -0.15) is 0 Å². The lowest BCUT2D eigenvalue weighted by Gasteiger charge is -2.61.